The van der Waals surface area contributed by atoms with Crippen LogP contribution < -0.4 is 5.73 Å². The molecule has 0 bridgehead atoms. The highest BCUT2D eigenvalue weighted by Gasteiger charge is 2.45. The van der Waals surface area contributed by atoms with Crippen LogP contribution in [0.5, 0.6) is 0 Å². The first-order valence-corrected chi connectivity index (χ1v) is 6.94. The van der Waals surface area contributed by atoms with Gasteiger partial charge in [0.1, 0.15) is 0 Å². The van der Waals surface area contributed by atoms with E-state index < -0.39 is 0 Å². The third kappa shape index (κ3) is 2.19. The van der Waals surface area contributed by atoms with Gasteiger partial charge in [-0.3, -0.25) is 0 Å². The molecule has 1 unspecified atom stereocenters. The van der Waals surface area contributed by atoms with Crippen molar-refractivity contribution < 1.29 is 0 Å². The van der Waals surface area contributed by atoms with Crippen LogP contribution in [0, 0.1) is 19.3 Å². The molecule has 2 heteroatoms. The third-order valence-electron chi connectivity index (χ3n) is 4.57. The van der Waals surface area contributed by atoms with E-state index in [-0.39, 0.29) is 0 Å². The minimum atomic E-state index is 0.295. The molecule has 1 aliphatic carbocycles. The molecule has 0 heterocycles. The maximum Gasteiger partial charge on any atom is 0.0412 e. The van der Waals surface area contributed by atoms with E-state index in [1.165, 1.54) is 36.0 Å². The van der Waals surface area contributed by atoms with E-state index in [1.54, 1.807) is 0 Å². The molecule has 0 aromatic heterocycles. The Kier molecular flexibility index (Phi) is 3.79. The Morgan fingerprint density at radius 1 is 1.28 bits per heavy atom. The summed E-state index contributed by atoms with van der Waals surface area (Å²) in [6.45, 7) is 5.17. The van der Waals surface area contributed by atoms with Crippen molar-refractivity contribution in [2.24, 2.45) is 11.1 Å². The fraction of sp³-hybridized carbons (Fsp3) is 0.625. The summed E-state index contributed by atoms with van der Waals surface area (Å²) in [5.74, 6) is 0. The average Bonchev–Trinajstić information content (AvgIpc) is 2.24. The molecule has 0 amide bonds. The summed E-state index contributed by atoms with van der Waals surface area (Å²) in [6.07, 6.45) is 3.85. The van der Waals surface area contributed by atoms with Gasteiger partial charge in [-0.15, -0.1) is 0 Å². The molecule has 0 spiro atoms. The van der Waals surface area contributed by atoms with Gasteiger partial charge < -0.3 is 10.6 Å². The van der Waals surface area contributed by atoms with E-state index in [9.17, 15) is 0 Å². The van der Waals surface area contributed by atoms with E-state index in [0.717, 1.165) is 6.54 Å². The highest BCUT2D eigenvalue weighted by Crippen LogP contribution is 2.52. The van der Waals surface area contributed by atoms with Crippen molar-refractivity contribution in [2.75, 3.05) is 20.6 Å². The van der Waals surface area contributed by atoms with E-state index >= 15 is 0 Å². The molecule has 1 fully saturated rings. The lowest BCUT2D eigenvalue weighted by Gasteiger charge is -2.50. The molecule has 1 aliphatic rings. The predicted octanol–water partition coefficient (Wildman–Crippen LogP) is 3.04. The predicted molar refractivity (Wildman–Crippen MR) is 77.7 cm³/mol. The summed E-state index contributed by atoms with van der Waals surface area (Å²) in [5.41, 5.74) is 10.6. The summed E-state index contributed by atoms with van der Waals surface area (Å²) < 4.78 is 0. The van der Waals surface area contributed by atoms with Crippen molar-refractivity contribution in [3.63, 3.8) is 0 Å². The van der Waals surface area contributed by atoms with E-state index in [0.29, 0.717) is 11.5 Å². The molecule has 1 aromatic rings. The van der Waals surface area contributed by atoms with Gasteiger partial charge >= 0.3 is 0 Å². The fourth-order valence-corrected chi connectivity index (χ4v) is 3.51. The van der Waals surface area contributed by atoms with Crippen molar-refractivity contribution in [1.82, 2.24) is 4.90 Å². The van der Waals surface area contributed by atoms with Crippen molar-refractivity contribution in [3.8, 4) is 0 Å². The lowest BCUT2D eigenvalue weighted by molar-refractivity contribution is 0.0278. The maximum atomic E-state index is 6.10. The summed E-state index contributed by atoms with van der Waals surface area (Å²) >= 11 is 0. The largest absolute Gasteiger partial charge is 0.330 e. The minimum absolute atomic E-state index is 0.295. The van der Waals surface area contributed by atoms with Gasteiger partial charge in [0.15, 0.2) is 0 Å². The molecule has 1 saturated carbocycles. The maximum absolute atomic E-state index is 6.10. The zero-order valence-corrected chi connectivity index (χ0v) is 12.2. The van der Waals surface area contributed by atoms with Crippen LogP contribution in [-0.2, 0) is 0 Å². The van der Waals surface area contributed by atoms with Gasteiger partial charge in [0.25, 0.3) is 0 Å². The van der Waals surface area contributed by atoms with Crippen LogP contribution in [0.2, 0.25) is 0 Å². The van der Waals surface area contributed by atoms with Crippen molar-refractivity contribution in [3.05, 3.63) is 34.9 Å². The molecule has 2 nitrogen and oxygen atoms in total. The monoisotopic (exact) mass is 246 g/mol. The first kappa shape index (κ1) is 13.6. The van der Waals surface area contributed by atoms with Crippen LogP contribution in [-0.4, -0.2) is 25.5 Å². The highest BCUT2D eigenvalue weighted by molar-refractivity contribution is 5.34. The smallest absolute Gasteiger partial charge is 0.0412 e. The Morgan fingerprint density at radius 2 is 1.94 bits per heavy atom. The number of nitrogens with zero attached hydrogens (tertiary/aromatic N) is 1. The van der Waals surface area contributed by atoms with Gasteiger partial charge in [-0.1, -0.05) is 30.2 Å². The molecule has 0 radical (unpaired) electrons. The topological polar surface area (TPSA) is 29.3 Å². The van der Waals surface area contributed by atoms with Gasteiger partial charge in [-0.25, -0.2) is 0 Å². The molecular formula is C16H26N2. The third-order valence-corrected chi connectivity index (χ3v) is 4.57. The molecule has 18 heavy (non-hydrogen) atoms. The first-order chi connectivity index (χ1) is 8.50. The van der Waals surface area contributed by atoms with Gasteiger partial charge in [-0.05, 0) is 58.5 Å². The molecule has 0 saturated heterocycles. The second-order valence-corrected chi connectivity index (χ2v) is 6.15. The van der Waals surface area contributed by atoms with Gasteiger partial charge in [0.05, 0.1) is 0 Å². The van der Waals surface area contributed by atoms with Crippen molar-refractivity contribution in [1.29, 1.82) is 0 Å². The highest BCUT2D eigenvalue weighted by atomic mass is 15.1. The number of hydrogen-bond acceptors (Lipinski definition) is 2. The van der Waals surface area contributed by atoms with Crippen LogP contribution >= 0.6 is 0 Å². The molecular weight excluding hydrogens is 220 g/mol. The lowest BCUT2D eigenvalue weighted by atomic mass is 9.61. The summed E-state index contributed by atoms with van der Waals surface area (Å²) in [6, 6.07) is 7.26. The number of aryl methyl sites for hydroxylation is 2. The SMILES string of the molecule is Cc1ccc(C(N(C)C)C2(CN)CCC2)c(C)c1. The van der Waals surface area contributed by atoms with Crippen LogP contribution in [0.4, 0.5) is 0 Å². The van der Waals surface area contributed by atoms with Gasteiger partial charge in [0, 0.05) is 11.5 Å². The van der Waals surface area contributed by atoms with E-state index in [1.807, 2.05) is 0 Å². The number of rotatable bonds is 4. The zero-order valence-electron chi connectivity index (χ0n) is 12.2. The van der Waals surface area contributed by atoms with Crippen molar-refractivity contribution >= 4 is 0 Å². The van der Waals surface area contributed by atoms with Crippen LogP contribution in [0.3, 0.4) is 0 Å². The first-order valence-electron chi connectivity index (χ1n) is 6.94. The standard InChI is InChI=1S/C16H26N2/c1-12-6-7-14(13(2)10-12)15(18(3)4)16(11-17)8-5-9-16/h6-7,10,15H,5,8-9,11,17H2,1-4H3. The summed E-state index contributed by atoms with van der Waals surface area (Å²) in [5, 5.41) is 0. The Bertz CT molecular complexity index is 414. The molecule has 2 N–H and O–H groups in total. The Labute approximate surface area is 111 Å². The van der Waals surface area contributed by atoms with Gasteiger partial charge in [-0.2, -0.15) is 0 Å². The molecule has 2 rings (SSSR count). The lowest BCUT2D eigenvalue weighted by Crippen LogP contribution is -2.47. The summed E-state index contributed by atoms with van der Waals surface area (Å²) in [7, 11) is 4.36. The average molecular weight is 246 g/mol. The number of benzene rings is 1. The molecule has 1 aromatic carbocycles. The second-order valence-electron chi connectivity index (χ2n) is 6.15. The fourth-order valence-electron chi connectivity index (χ4n) is 3.51. The van der Waals surface area contributed by atoms with Crippen molar-refractivity contribution in [2.45, 2.75) is 39.2 Å². The quantitative estimate of drug-likeness (QED) is 0.885. The summed E-state index contributed by atoms with van der Waals surface area (Å²) in [4.78, 5) is 2.35. The molecule has 100 valence electrons. The van der Waals surface area contributed by atoms with E-state index in [4.69, 9.17) is 5.73 Å². The van der Waals surface area contributed by atoms with Gasteiger partial charge in [0.2, 0.25) is 0 Å². The second kappa shape index (κ2) is 5.02. The zero-order chi connectivity index (χ0) is 13.3. The number of nitrogens with two attached hydrogens (primary N) is 1. The Hall–Kier alpha value is -0.860. The van der Waals surface area contributed by atoms with E-state index in [2.05, 4.69) is 51.0 Å². The Morgan fingerprint density at radius 3 is 2.33 bits per heavy atom. The van der Waals surface area contributed by atoms with Crippen LogP contribution in [0.25, 0.3) is 0 Å². The minimum Gasteiger partial charge on any atom is -0.330 e. The number of hydrogen-bond donors (Lipinski definition) is 1. The normalized spacial score (nSPS) is 19.7. The Balaban J connectivity index is 2.41. The van der Waals surface area contributed by atoms with Crippen LogP contribution in [0.15, 0.2) is 18.2 Å². The molecule has 0 aliphatic heterocycles. The molecule has 1 atom stereocenters. The van der Waals surface area contributed by atoms with Crippen LogP contribution in [0.1, 0.15) is 42.0 Å².